The second-order valence-electron chi connectivity index (χ2n) is 3.82. The maximum absolute atomic E-state index is 12.2. The molecule has 2 unspecified atom stereocenters. The number of hydrogen-bond donors (Lipinski definition) is 6. The second-order valence-corrected chi connectivity index (χ2v) is 6.60. The van der Waals surface area contributed by atoms with Crippen molar-refractivity contribution in [2.75, 3.05) is 6.67 Å². The molecule has 120 valence electrons. The highest BCUT2D eigenvalue weighted by Gasteiger charge is 2.50. The number of phosphoric acid groups is 2. The number of alkyl halides is 1. The molecular formula is C6H13FO11P2. The van der Waals surface area contributed by atoms with Gasteiger partial charge in [0.1, 0.15) is 31.1 Å². The zero-order valence-corrected chi connectivity index (χ0v) is 11.4. The van der Waals surface area contributed by atoms with Gasteiger partial charge in [0, 0.05) is 0 Å². The van der Waals surface area contributed by atoms with Crippen LogP contribution in [0.15, 0.2) is 0 Å². The molecule has 0 bridgehead atoms. The summed E-state index contributed by atoms with van der Waals surface area (Å²) in [7, 11) is -10.7. The average Bonchev–Trinajstić information content (AvgIpc) is 2.52. The zero-order valence-electron chi connectivity index (χ0n) is 9.59. The number of rotatable bonds is 6. The van der Waals surface area contributed by atoms with Crippen LogP contribution >= 0.6 is 15.6 Å². The van der Waals surface area contributed by atoms with Crippen molar-refractivity contribution in [1.82, 2.24) is 0 Å². The standard InChI is InChI=1S/C6H13FO11P2/c7-1-2(8)5-3(9)4(10)6(16-5)17-20(14,15)18-19(11,12)13/h2-6,8-10H,1H2,(H,14,15)(H2,11,12,13)/t2-,3-,4-,5+,6?/m1/s1. The Kier molecular flexibility index (Phi) is 5.81. The molecule has 1 aliphatic rings. The summed E-state index contributed by atoms with van der Waals surface area (Å²) in [6, 6.07) is 0. The molecule has 0 spiro atoms. The van der Waals surface area contributed by atoms with Crippen LogP contribution in [0.3, 0.4) is 0 Å². The Labute approximate surface area is 111 Å². The molecule has 1 fully saturated rings. The largest absolute Gasteiger partial charge is 0.483 e. The number of aliphatic hydroxyl groups excluding tert-OH is 3. The van der Waals surface area contributed by atoms with Crippen molar-refractivity contribution >= 4 is 15.6 Å². The molecule has 0 aromatic heterocycles. The number of hydrogen-bond acceptors (Lipinski definition) is 8. The first kappa shape index (κ1) is 18.1. The molecule has 6 atom stereocenters. The van der Waals surface area contributed by atoms with Gasteiger partial charge in [0.25, 0.3) is 0 Å². The number of halogens is 1. The lowest BCUT2D eigenvalue weighted by Gasteiger charge is -2.19. The molecule has 20 heavy (non-hydrogen) atoms. The van der Waals surface area contributed by atoms with E-state index in [0.29, 0.717) is 0 Å². The van der Waals surface area contributed by atoms with Crippen LogP contribution in [0.25, 0.3) is 0 Å². The van der Waals surface area contributed by atoms with Gasteiger partial charge >= 0.3 is 15.6 Å². The Bertz CT molecular complexity index is 425. The normalized spacial score (nSPS) is 35.8. The molecule has 0 amide bonds. The highest BCUT2D eigenvalue weighted by Crippen LogP contribution is 2.58. The Hall–Kier alpha value is 0.0300. The summed E-state index contributed by atoms with van der Waals surface area (Å²) < 4.78 is 46.0. The van der Waals surface area contributed by atoms with Gasteiger partial charge in [-0.25, -0.2) is 13.5 Å². The number of aliphatic hydroxyl groups is 3. The van der Waals surface area contributed by atoms with Crippen molar-refractivity contribution in [1.29, 1.82) is 0 Å². The Balaban J connectivity index is 2.74. The predicted molar refractivity (Wildman–Crippen MR) is 56.7 cm³/mol. The molecule has 1 saturated heterocycles. The summed E-state index contributed by atoms with van der Waals surface area (Å²) in [4.78, 5) is 25.7. The third kappa shape index (κ3) is 4.79. The van der Waals surface area contributed by atoms with Crippen molar-refractivity contribution < 1.29 is 57.1 Å². The van der Waals surface area contributed by atoms with Crippen molar-refractivity contribution in [2.24, 2.45) is 0 Å². The lowest BCUT2D eigenvalue weighted by Crippen LogP contribution is -2.39. The highest BCUT2D eigenvalue weighted by atomic mass is 31.3. The molecule has 1 heterocycles. The minimum Gasteiger partial charge on any atom is -0.388 e. The van der Waals surface area contributed by atoms with Gasteiger partial charge in [0.2, 0.25) is 0 Å². The summed E-state index contributed by atoms with van der Waals surface area (Å²) in [6.45, 7) is -1.34. The Morgan fingerprint density at radius 2 is 1.75 bits per heavy atom. The monoisotopic (exact) mass is 342 g/mol. The fourth-order valence-corrected chi connectivity index (χ4v) is 3.12. The van der Waals surface area contributed by atoms with E-state index in [-0.39, 0.29) is 0 Å². The van der Waals surface area contributed by atoms with Gasteiger partial charge in [-0.2, -0.15) is 4.31 Å². The molecular weight excluding hydrogens is 329 g/mol. The van der Waals surface area contributed by atoms with E-state index < -0.39 is 53.0 Å². The van der Waals surface area contributed by atoms with E-state index in [1.807, 2.05) is 0 Å². The number of phosphoric ester groups is 1. The van der Waals surface area contributed by atoms with Gasteiger partial charge in [-0.05, 0) is 0 Å². The summed E-state index contributed by atoms with van der Waals surface area (Å²) in [5, 5.41) is 28.0. The van der Waals surface area contributed by atoms with Crippen molar-refractivity contribution in [3.63, 3.8) is 0 Å². The lowest BCUT2D eigenvalue weighted by molar-refractivity contribution is -0.140. The topological polar surface area (TPSA) is 183 Å². The van der Waals surface area contributed by atoms with Gasteiger partial charge in [-0.15, -0.1) is 0 Å². The molecule has 0 aromatic carbocycles. The SMILES string of the molecule is O=P(O)(O)OP(=O)(O)OC1O[C@@H]([C@H](O)CF)[C@H](O)[C@H]1O. The van der Waals surface area contributed by atoms with Gasteiger partial charge < -0.3 is 34.7 Å². The molecule has 1 rings (SSSR count). The summed E-state index contributed by atoms with van der Waals surface area (Å²) in [5.74, 6) is 0. The molecule has 1 aliphatic heterocycles. The highest BCUT2D eigenvalue weighted by molar-refractivity contribution is 7.60. The molecule has 6 N–H and O–H groups in total. The fraction of sp³-hybridized carbons (Fsp3) is 1.00. The number of ether oxygens (including phenoxy) is 1. The minimum atomic E-state index is -5.37. The van der Waals surface area contributed by atoms with Crippen molar-refractivity contribution in [2.45, 2.75) is 30.7 Å². The van der Waals surface area contributed by atoms with E-state index >= 15 is 0 Å². The maximum atomic E-state index is 12.2. The van der Waals surface area contributed by atoms with E-state index in [1.165, 1.54) is 0 Å². The van der Waals surface area contributed by atoms with E-state index in [9.17, 15) is 23.7 Å². The van der Waals surface area contributed by atoms with E-state index in [4.69, 9.17) is 19.8 Å². The summed E-state index contributed by atoms with van der Waals surface area (Å²) in [6.07, 6.45) is -9.37. The quantitative estimate of drug-likeness (QED) is 0.293. The van der Waals surface area contributed by atoms with Crippen LogP contribution in [0, 0.1) is 0 Å². The third-order valence-corrected chi connectivity index (χ3v) is 4.39. The van der Waals surface area contributed by atoms with Crippen LogP contribution in [-0.2, 0) is 22.7 Å². The van der Waals surface area contributed by atoms with Gasteiger partial charge in [0.15, 0.2) is 6.29 Å². The third-order valence-electron chi connectivity index (χ3n) is 2.24. The molecule has 11 nitrogen and oxygen atoms in total. The van der Waals surface area contributed by atoms with Crippen molar-refractivity contribution in [3.05, 3.63) is 0 Å². The van der Waals surface area contributed by atoms with Crippen LogP contribution in [0.4, 0.5) is 4.39 Å². The first-order chi connectivity index (χ1) is 8.97. The van der Waals surface area contributed by atoms with Gasteiger partial charge in [0.05, 0.1) is 0 Å². The van der Waals surface area contributed by atoms with Crippen LogP contribution in [0.2, 0.25) is 0 Å². The molecule has 0 aromatic rings. The first-order valence-corrected chi connectivity index (χ1v) is 8.03. The Morgan fingerprint density at radius 3 is 2.20 bits per heavy atom. The Morgan fingerprint density at radius 1 is 1.20 bits per heavy atom. The van der Waals surface area contributed by atoms with Crippen molar-refractivity contribution in [3.8, 4) is 0 Å². The fourth-order valence-electron chi connectivity index (χ4n) is 1.45. The van der Waals surface area contributed by atoms with Crippen LogP contribution in [-0.4, -0.2) is 67.4 Å². The molecule has 0 radical (unpaired) electrons. The second kappa shape index (κ2) is 6.42. The van der Waals surface area contributed by atoms with Crippen LogP contribution in [0.5, 0.6) is 0 Å². The molecule has 14 heteroatoms. The minimum absolute atomic E-state index is 1.34. The summed E-state index contributed by atoms with van der Waals surface area (Å²) in [5.41, 5.74) is 0. The lowest BCUT2D eigenvalue weighted by atomic mass is 10.1. The van der Waals surface area contributed by atoms with Gasteiger partial charge in [-0.1, -0.05) is 0 Å². The van der Waals surface area contributed by atoms with E-state index in [0.717, 1.165) is 0 Å². The average molecular weight is 342 g/mol. The van der Waals surface area contributed by atoms with Crippen LogP contribution < -0.4 is 0 Å². The zero-order chi connectivity index (χ0) is 15.7. The predicted octanol–water partition coefficient (Wildman–Crippen LogP) is -2.01. The van der Waals surface area contributed by atoms with E-state index in [2.05, 4.69) is 13.6 Å². The molecule has 0 saturated carbocycles. The summed E-state index contributed by atoms with van der Waals surface area (Å²) >= 11 is 0. The first-order valence-electron chi connectivity index (χ1n) is 5.00. The molecule has 0 aliphatic carbocycles. The van der Waals surface area contributed by atoms with E-state index in [1.54, 1.807) is 0 Å². The van der Waals surface area contributed by atoms with Crippen LogP contribution in [0.1, 0.15) is 0 Å². The van der Waals surface area contributed by atoms with Gasteiger partial charge in [-0.3, -0.25) is 4.52 Å². The maximum Gasteiger partial charge on any atom is 0.483 e. The smallest absolute Gasteiger partial charge is 0.388 e.